The van der Waals surface area contributed by atoms with Gasteiger partial charge in [0.15, 0.2) is 0 Å². The molecule has 0 unspecified atom stereocenters. The Balaban J connectivity index is 1.05. The zero-order valence-corrected chi connectivity index (χ0v) is 34.2. The normalized spacial score (nSPS) is 14.4. The van der Waals surface area contributed by atoms with Crippen molar-refractivity contribution in [1.29, 1.82) is 0 Å². The molecule has 9 aromatic carbocycles. The Morgan fingerprint density at radius 2 is 0.883 bits per heavy atom. The molecule has 0 saturated carbocycles. The fourth-order valence-corrected chi connectivity index (χ4v) is 12.5. The average Bonchev–Trinajstić information content (AvgIpc) is 3.98. The Kier molecular flexibility index (Phi) is 6.94. The molecule has 1 aromatic heterocycles. The van der Waals surface area contributed by atoms with Crippen LogP contribution < -0.4 is 4.90 Å². The highest BCUT2D eigenvalue weighted by atomic mass is 32.1. The van der Waals surface area contributed by atoms with Crippen LogP contribution in [0.5, 0.6) is 0 Å². The summed E-state index contributed by atoms with van der Waals surface area (Å²) < 4.78 is 2.69. The molecule has 0 saturated heterocycles. The van der Waals surface area contributed by atoms with Crippen molar-refractivity contribution in [3.05, 3.63) is 234 Å². The zero-order valence-electron chi connectivity index (χ0n) is 33.4. The molecule has 0 atom stereocenters. The van der Waals surface area contributed by atoms with Gasteiger partial charge in [-0.2, -0.15) is 0 Å². The van der Waals surface area contributed by atoms with E-state index in [0.717, 1.165) is 17.1 Å². The first-order valence-corrected chi connectivity index (χ1v) is 21.8. The number of rotatable bonds is 4. The molecule has 282 valence electrons. The van der Waals surface area contributed by atoms with Gasteiger partial charge >= 0.3 is 0 Å². The number of thiophene rings is 1. The van der Waals surface area contributed by atoms with Gasteiger partial charge in [-0.3, -0.25) is 0 Å². The summed E-state index contributed by atoms with van der Waals surface area (Å²) in [5, 5.41) is 2.70. The standard InChI is InChI=1S/C58H39NS/c1-57(2)49-33-38(30-32-44(49)55-51(57)35-53-56(45-24-12-16-28-52(45)60-53)54(55)36-17-5-3-6-18-36)59(37-19-7-4-8-20-37)39-29-31-43-42-23-11-15-27-48(42)58(50(43)34-39)46-25-13-9-21-40(46)41-22-10-14-26-47(41)58/h3-35H,1-2H3. The maximum Gasteiger partial charge on any atom is 0.0726 e. The van der Waals surface area contributed by atoms with Crippen molar-refractivity contribution in [3.63, 3.8) is 0 Å². The minimum atomic E-state index is -0.413. The fourth-order valence-electron chi connectivity index (χ4n) is 11.4. The fraction of sp³-hybridized carbons (Fsp3) is 0.0690. The Bertz CT molecular complexity index is 3340. The molecule has 1 heterocycles. The first-order chi connectivity index (χ1) is 29.5. The van der Waals surface area contributed by atoms with Crippen molar-refractivity contribution < 1.29 is 0 Å². The molecule has 3 aliphatic carbocycles. The summed E-state index contributed by atoms with van der Waals surface area (Å²) in [4.78, 5) is 2.48. The molecule has 0 aliphatic heterocycles. The molecular weight excluding hydrogens is 743 g/mol. The van der Waals surface area contributed by atoms with E-state index in [4.69, 9.17) is 0 Å². The molecule has 0 fully saturated rings. The van der Waals surface area contributed by atoms with Crippen LogP contribution in [0, 0.1) is 0 Å². The van der Waals surface area contributed by atoms with Gasteiger partial charge in [0.25, 0.3) is 0 Å². The van der Waals surface area contributed by atoms with Gasteiger partial charge in [0.05, 0.1) is 5.41 Å². The quantitative estimate of drug-likeness (QED) is 0.172. The van der Waals surface area contributed by atoms with Crippen molar-refractivity contribution in [2.75, 3.05) is 4.90 Å². The third-order valence-corrected chi connectivity index (χ3v) is 15.0. The summed E-state index contributed by atoms with van der Waals surface area (Å²) in [6, 6.07) is 75.1. The third-order valence-electron chi connectivity index (χ3n) is 13.9. The molecule has 60 heavy (non-hydrogen) atoms. The van der Waals surface area contributed by atoms with Crippen LogP contribution in [0.4, 0.5) is 17.1 Å². The Morgan fingerprint density at radius 1 is 0.367 bits per heavy atom. The number of hydrogen-bond acceptors (Lipinski definition) is 2. The lowest BCUT2D eigenvalue weighted by Crippen LogP contribution is -2.26. The van der Waals surface area contributed by atoms with Crippen molar-refractivity contribution in [2.24, 2.45) is 0 Å². The van der Waals surface area contributed by atoms with E-state index in [2.05, 4.69) is 219 Å². The van der Waals surface area contributed by atoms with Crippen LogP contribution >= 0.6 is 11.3 Å². The molecule has 0 amide bonds. The average molecular weight is 782 g/mol. The molecule has 0 bridgehead atoms. The van der Waals surface area contributed by atoms with Crippen molar-refractivity contribution in [3.8, 4) is 44.5 Å². The van der Waals surface area contributed by atoms with Crippen LogP contribution in [0.15, 0.2) is 200 Å². The van der Waals surface area contributed by atoms with Gasteiger partial charge in [-0.05, 0) is 126 Å². The van der Waals surface area contributed by atoms with Crippen molar-refractivity contribution in [1.82, 2.24) is 0 Å². The number of para-hydroxylation sites is 1. The van der Waals surface area contributed by atoms with E-state index in [1.165, 1.54) is 98.1 Å². The van der Waals surface area contributed by atoms with Crippen LogP contribution in [-0.2, 0) is 10.8 Å². The molecule has 10 aromatic rings. The highest BCUT2D eigenvalue weighted by Crippen LogP contribution is 2.64. The largest absolute Gasteiger partial charge is 0.310 e. The lowest BCUT2D eigenvalue weighted by Gasteiger charge is -2.32. The van der Waals surface area contributed by atoms with E-state index in [9.17, 15) is 0 Å². The molecule has 0 N–H and O–H groups in total. The minimum absolute atomic E-state index is 0.224. The molecule has 13 rings (SSSR count). The molecule has 1 spiro atoms. The number of fused-ring (bicyclic) bond motifs is 16. The van der Waals surface area contributed by atoms with E-state index < -0.39 is 5.41 Å². The SMILES string of the molecule is CC1(C)c2cc(N(c3ccccc3)c3ccc4c(c3)C3(c5ccccc5-c5ccccc53)c3ccccc3-4)ccc2-c2c1cc1sc3ccccc3c1c2-c1ccccc1. The topological polar surface area (TPSA) is 3.24 Å². The van der Waals surface area contributed by atoms with Gasteiger partial charge < -0.3 is 4.90 Å². The van der Waals surface area contributed by atoms with E-state index in [0.29, 0.717) is 0 Å². The molecule has 2 heteroatoms. The Labute approximate surface area is 354 Å². The monoisotopic (exact) mass is 781 g/mol. The van der Waals surface area contributed by atoms with Gasteiger partial charge in [-0.25, -0.2) is 0 Å². The summed E-state index contributed by atoms with van der Waals surface area (Å²) >= 11 is 1.91. The van der Waals surface area contributed by atoms with Crippen molar-refractivity contribution in [2.45, 2.75) is 24.7 Å². The first kappa shape index (κ1) is 33.9. The van der Waals surface area contributed by atoms with E-state index >= 15 is 0 Å². The van der Waals surface area contributed by atoms with Crippen LogP contribution in [0.2, 0.25) is 0 Å². The van der Waals surface area contributed by atoms with Gasteiger partial charge in [-0.15, -0.1) is 11.3 Å². The third kappa shape index (κ3) is 4.36. The lowest BCUT2D eigenvalue weighted by atomic mass is 9.70. The maximum atomic E-state index is 2.51. The second-order valence-electron chi connectivity index (χ2n) is 17.2. The molecule has 3 aliphatic rings. The van der Waals surface area contributed by atoms with Crippen LogP contribution in [-0.4, -0.2) is 0 Å². The van der Waals surface area contributed by atoms with Gasteiger partial charge in [0.2, 0.25) is 0 Å². The van der Waals surface area contributed by atoms with Crippen molar-refractivity contribution >= 4 is 48.6 Å². The number of anilines is 3. The Hall–Kier alpha value is -7.00. The summed E-state index contributed by atoms with van der Waals surface area (Å²) in [6.07, 6.45) is 0. The highest BCUT2D eigenvalue weighted by Gasteiger charge is 2.51. The molecule has 1 nitrogen and oxygen atoms in total. The minimum Gasteiger partial charge on any atom is -0.310 e. The number of nitrogens with zero attached hydrogens (tertiary/aromatic N) is 1. The van der Waals surface area contributed by atoms with Gasteiger partial charge in [0, 0.05) is 42.6 Å². The van der Waals surface area contributed by atoms with E-state index in [1.807, 2.05) is 11.3 Å². The lowest BCUT2D eigenvalue weighted by molar-refractivity contribution is 0.661. The zero-order chi connectivity index (χ0) is 39.7. The summed E-state index contributed by atoms with van der Waals surface area (Å²) in [5.74, 6) is 0. The van der Waals surface area contributed by atoms with E-state index in [-0.39, 0.29) is 5.41 Å². The highest BCUT2D eigenvalue weighted by molar-refractivity contribution is 7.26. The Morgan fingerprint density at radius 3 is 1.53 bits per heavy atom. The van der Waals surface area contributed by atoms with Crippen LogP contribution in [0.1, 0.15) is 47.2 Å². The van der Waals surface area contributed by atoms with Crippen LogP contribution in [0.3, 0.4) is 0 Å². The number of hydrogen-bond donors (Lipinski definition) is 0. The molecule has 0 radical (unpaired) electrons. The number of benzene rings is 9. The second kappa shape index (κ2) is 12.3. The maximum absolute atomic E-state index is 2.51. The van der Waals surface area contributed by atoms with Gasteiger partial charge in [-0.1, -0.05) is 166 Å². The summed E-state index contributed by atoms with van der Waals surface area (Å²) in [7, 11) is 0. The predicted octanol–water partition coefficient (Wildman–Crippen LogP) is 15.8. The first-order valence-electron chi connectivity index (χ1n) is 21.0. The predicted molar refractivity (Wildman–Crippen MR) is 253 cm³/mol. The second-order valence-corrected chi connectivity index (χ2v) is 18.2. The van der Waals surface area contributed by atoms with Gasteiger partial charge in [0.1, 0.15) is 0 Å². The van der Waals surface area contributed by atoms with Crippen LogP contribution in [0.25, 0.3) is 64.7 Å². The summed E-state index contributed by atoms with van der Waals surface area (Å²) in [6.45, 7) is 4.85. The van der Waals surface area contributed by atoms with E-state index in [1.54, 1.807) is 0 Å². The summed E-state index contributed by atoms with van der Waals surface area (Å²) in [5.41, 5.74) is 21.6. The smallest absolute Gasteiger partial charge is 0.0726 e. The molecular formula is C58H39NS.